The minimum Gasteiger partial charge on any atom is -0.472 e. The predicted octanol–water partition coefficient (Wildman–Crippen LogP) is 2.28. The summed E-state index contributed by atoms with van der Waals surface area (Å²) in [5.41, 5.74) is 1.27. The highest BCUT2D eigenvalue weighted by atomic mass is 16.5. The molecule has 1 aromatic heterocycles. The van der Waals surface area contributed by atoms with Crippen molar-refractivity contribution in [2.75, 3.05) is 13.1 Å². The van der Waals surface area contributed by atoms with Crippen molar-refractivity contribution >= 4 is 0 Å². The third-order valence-corrected chi connectivity index (χ3v) is 3.81. The zero-order valence-corrected chi connectivity index (χ0v) is 9.76. The van der Waals surface area contributed by atoms with Gasteiger partial charge in [0, 0.05) is 18.7 Å². The Balaban J connectivity index is 1.59. The van der Waals surface area contributed by atoms with Crippen molar-refractivity contribution in [3.63, 3.8) is 0 Å². The Labute approximate surface area is 96.4 Å². The summed E-state index contributed by atoms with van der Waals surface area (Å²) in [6.45, 7) is 5.47. The number of ether oxygens (including phenoxy) is 1. The van der Waals surface area contributed by atoms with Crippen molar-refractivity contribution < 1.29 is 9.15 Å². The molecule has 2 saturated heterocycles. The van der Waals surface area contributed by atoms with Gasteiger partial charge in [-0.1, -0.05) is 0 Å². The predicted molar refractivity (Wildman–Crippen MR) is 61.0 cm³/mol. The lowest BCUT2D eigenvalue weighted by Crippen LogP contribution is -2.41. The average molecular weight is 221 g/mol. The summed E-state index contributed by atoms with van der Waals surface area (Å²) in [5, 5.41) is 0. The standard InChI is InChI=1S/C13H19NO2/c1-10-6-12-2-4-14(8-13(12)16-10)7-11-3-5-15-9-11/h3,5,9-10,12-13H,2,4,6-8H2,1H3/t10-,12-,13+/m0/s1. The van der Waals surface area contributed by atoms with E-state index < -0.39 is 0 Å². The van der Waals surface area contributed by atoms with Gasteiger partial charge in [-0.05, 0) is 38.3 Å². The summed E-state index contributed by atoms with van der Waals surface area (Å²) in [5.74, 6) is 0.801. The summed E-state index contributed by atoms with van der Waals surface area (Å²) in [7, 11) is 0. The van der Waals surface area contributed by atoms with E-state index in [0.29, 0.717) is 12.2 Å². The van der Waals surface area contributed by atoms with Crippen LogP contribution in [0.25, 0.3) is 0 Å². The summed E-state index contributed by atoms with van der Waals surface area (Å²) >= 11 is 0. The van der Waals surface area contributed by atoms with Gasteiger partial charge in [0.25, 0.3) is 0 Å². The van der Waals surface area contributed by atoms with Gasteiger partial charge in [0.05, 0.1) is 24.7 Å². The van der Waals surface area contributed by atoms with Gasteiger partial charge in [-0.3, -0.25) is 4.90 Å². The number of rotatable bonds is 2. The van der Waals surface area contributed by atoms with E-state index in [0.717, 1.165) is 19.0 Å². The van der Waals surface area contributed by atoms with E-state index in [9.17, 15) is 0 Å². The molecule has 2 aliphatic heterocycles. The molecule has 0 radical (unpaired) electrons. The molecule has 0 bridgehead atoms. The molecule has 3 rings (SSSR count). The molecule has 0 amide bonds. The van der Waals surface area contributed by atoms with Gasteiger partial charge < -0.3 is 9.15 Å². The van der Waals surface area contributed by atoms with Gasteiger partial charge in [0.15, 0.2) is 0 Å². The van der Waals surface area contributed by atoms with Crippen LogP contribution in [0, 0.1) is 5.92 Å². The molecule has 3 nitrogen and oxygen atoms in total. The molecule has 16 heavy (non-hydrogen) atoms. The van der Waals surface area contributed by atoms with Crippen LogP contribution in [-0.2, 0) is 11.3 Å². The fourth-order valence-electron chi connectivity index (χ4n) is 3.02. The normalized spacial score (nSPS) is 35.2. The van der Waals surface area contributed by atoms with Crippen LogP contribution in [0.2, 0.25) is 0 Å². The van der Waals surface area contributed by atoms with Gasteiger partial charge in [-0.15, -0.1) is 0 Å². The fraction of sp³-hybridized carbons (Fsp3) is 0.692. The van der Waals surface area contributed by atoms with E-state index in [1.54, 1.807) is 6.26 Å². The summed E-state index contributed by atoms with van der Waals surface area (Å²) in [6.07, 6.45) is 7.05. The van der Waals surface area contributed by atoms with E-state index in [2.05, 4.69) is 11.8 Å². The second kappa shape index (κ2) is 4.22. The molecule has 3 heterocycles. The SMILES string of the molecule is C[C@H]1C[C@@H]2CCN(Cc3ccoc3)C[C@H]2O1. The summed E-state index contributed by atoms with van der Waals surface area (Å²) < 4.78 is 11.1. The molecule has 1 aromatic rings. The van der Waals surface area contributed by atoms with Crippen LogP contribution in [0.3, 0.4) is 0 Å². The van der Waals surface area contributed by atoms with Gasteiger partial charge in [-0.2, -0.15) is 0 Å². The minimum atomic E-state index is 0.462. The van der Waals surface area contributed by atoms with Gasteiger partial charge in [0.2, 0.25) is 0 Å². The average Bonchev–Trinajstić information content (AvgIpc) is 2.85. The highest BCUT2D eigenvalue weighted by Crippen LogP contribution is 2.33. The first kappa shape index (κ1) is 10.4. The highest BCUT2D eigenvalue weighted by Gasteiger charge is 2.37. The Morgan fingerprint density at radius 1 is 1.50 bits per heavy atom. The molecule has 88 valence electrons. The molecule has 0 aromatic carbocycles. The maximum absolute atomic E-state index is 5.95. The number of fused-ring (bicyclic) bond motifs is 1. The molecule has 0 N–H and O–H groups in total. The topological polar surface area (TPSA) is 25.6 Å². The largest absolute Gasteiger partial charge is 0.472 e. The Hall–Kier alpha value is -0.800. The maximum Gasteiger partial charge on any atom is 0.0947 e. The van der Waals surface area contributed by atoms with Crippen LogP contribution in [0.1, 0.15) is 25.3 Å². The quantitative estimate of drug-likeness (QED) is 0.766. The van der Waals surface area contributed by atoms with Gasteiger partial charge >= 0.3 is 0 Å². The molecule has 2 fully saturated rings. The summed E-state index contributed by atoms with van der Waals surface area (Å²) in [6, 6.07) is 2.05. The molecular formula is C13H19NO2. The fourth-order valence-corrected chi connectivity index (χ4v) is 3.02. The Kier molecular flexibility index (Phi) is 2.74. The van der Waals surface area contributed by atoms with Gasteiger partial charge in [0.1, 0.15) is 0 Å². The molecule has 0 aliphatic carbocycles. The van der Waals surface area contributed by atoms with Crippen LogP contribution in [-0.4, -0.2) is 30.2 Å². The molecule has 3 heteroatoms. The Morgan fingerprint density at radius 2 is 2.44 bits per heavy atom. The molecule has 0 unspecified atom stereocenters. The minimum absolute atomic E-state index is 0.462. The van der Waals surface area contributed by atoms with Crippen molar-refractivity contribution in [1.29, 1.82) is 0 Å². The van der Waals surface area contributed by atoms with Crippen LogP contribution in [0.15, 0.2) is 23.0 Å². The van der Waals surface area contributed by atoms with Crippen molar-refractivity contribution in [2.45, 2.75) is 38.5 Å². The van der Waals surface area contributed by atoms with Crippen LogP contribution in [0.4, 0.5) is 0 Å². The molecule has 3 atom stereocenters. The van der Waals surface area contributed by atoms with Crippen molar-refractivity contribution in [2.24, 2.45) is 5.92 Å². The van der Waals surface area contributed by atoms with Crippen LogP contribution >= 0.6 is 0 Å². The first-order valence-electron chi connectivity index (χ1n) is 6.20. The first-order chi connectivity index (χ1) is 7.81. The molecule has 0 spiro atoms. The lowest BCUT2D eigenvalue weighted by atomic mass is 9.92. The second-order valence-electron chi connectivity index (χ2n) is 5.14. The third-order valence-electron chi connectivity index (χ3n) is 3.81. The molecule has 2 aliphatic rings. The number of nitrogens with zero attached hydrogens (tertiary/aromatic N) is 1. The lowest BCUT2D eigenvalue weighted by Gasteiger charge is -2.33. The highest BCUT2D eigenvalue weighted by molar-refractivity contribution is 5.05. The van der Waals surface area contributed by atoms with Crippen LogP contribution < -0.4 is 0 Å². The van der Waals surface area contributed by atoms with E-state index in [4.69, 9.17) is 9.15 Å². The van der Waals surface area contributed by atoms with Crippen molar-refractivity contribution in [3.05, 3.63) is 24.2 Å². The number of hydrogen-bond acceptors (Lipinski definition) is 3. The first-order valence-corrected chi connectivity index (χ1v) is 6.20. The molecule has 0 saturated carbocycles. The van der Waals surface area contributed by atoms with E-state index in [-0.39, 0.29) is 0 Å². The third kappa shape index (κ3) is 2.02. The number of furan rings is 1. The monoisotopic (exact) mass is 221 g/mol. The zero-order chi connectivity index (χ0) is 11.0. The van der Waals surface area contributed by atoms with E-state index in [1.807, 2.05) is 12.3 Å². The Bertz CT molecular complexity index is 336. The second-order valence-corrected chi connectivity index (χ2v) is 5.14. The van der Waals surface area contributed by atoms with E-state index in [1.165, 1.54) is 24.9 Å². The van der Waals surface area contributed by atoms with E-state index >= 15 is 0 Å². The van der Waals surface area contributed by atoms with Crippen LogP contribution in [0.5, 0.6) is 0 Å². The lowest BCUT2D eigenvalue weighted by molar-refractivity contribution is -0.00280. The zero-order valence-electron chi connectivity index (χ0n) is 9.76. The van der Waals surface area contributed by atoms with Crippen molar-refractivity contribution in [3.8, 4) is 0 Å². The molecular weight excluding hydrogens is 202 g/mol. The number of piperidine rings is 1. The smallest absolute Gasteiger partial charge is 0.0947 e. The Morgan fingerprint density at radius 3 is 3.25 bits per heavy atom. The summed E-state index contributed by atoms with van der Waals surface area (Å²) in [4.78, 5) is 2.48. The maximum atomic E-state index is 5.95. The van der Waals surface area contributed by atoms with Gasteiger partial charge in [-0.25, -0.2) is 0 Å². The number of likely N-dealkylation sites (tertiary alicyclic amines) is 1. The number of hydrogen-bond donors (Lipinski definition) is 0. The van der Waals surface area contributed by atoms with Crippen molar-refractivity contribution in [1.82, 2.24) is 4.90 Å².